The van der Waals surface area contributed by atoms with Gasteiger partial charge in [0.2, 0.25) is 0 Å². The zero-order valence-corrected chi connectivity index (χ0v) is 24.1. The minimum Gasteiger partial charge on any atom is -0.454 e. The number of furan rings is 1. The lowest BCUT2D eigenvalue weighted by atomic mass is 9.86. The lowest BCUT2D eigenvalue weighted by molar-refractivity contribution is 0.573. The van der Waals surface area contributed by atoms with Crippen LogP contribution in [0, 0.1) is 0 Å². The van der Waals surface area contributed by atoms with Crippen LogP contribution in [0.5, 0.6) is 0 Å². The van der Waals surface area contributed by atoms with Gasteiger partial charge in [-0.15, -0.1) is 11.3 Å². The van der Waals surface area contributed by atoms with Gasteiger partial charge in [0.05, 0.1) is 5.69 Å². The third-order valence-electron chi connectivity index (χ3n) is 8.17. The van der Waals surface area contributed by atoms with Crippen molar-refractivity contribution in [2.75, 3.05) is 4.90 Å². The molecule has 0 aliphatic rings. The van der Waals surface area contributed by atoms with E-state index in [1.54, 1.807) is 0 Å². The summed E-state index contributed by atoms with van der Waals surface area (Å²) in [5, 5.41) is 7.53. The van der Waals surface area contributed by atoms with Crippen LogP contribution in [-0.4, -0.2) is 0 Å². The Bertz CT molecular complexity index is 2250. The highest BCUT2D eigenvalue weighted by atomic mass is 32.1. The molecular formula is C38H29NOS. The number of para-hydroxylation sites is 3. The molecule has 0 N–H and O–H groups in total. The SMILES string of the molecule is CC(C)(C)c1cccc2c1oc1c(N(c3ccccc3)c3ccc4c(c3)sc3ccc5ccccc5c34)cccc12. The third-order valence-corrected chi connectivity index (χ3v) is 9.29. The highest BCUT2D eigenvalue weighted by Gasteiger charge is 2.24. The van der Waals surface area contributed by atoms with Gasteiger partial charge in [0.1, 0.15) is 5.58 Å². The van der Waals surface area contributed by atoms with Crippen molar-refractivity contribution in [1.82, 2.24) is 0 Å². The van der Waals surface area contributed by atoms with Crippen molar-refractivity contribution < 1.29 is 4.42 Å². The summed E-state index contributed by atoms with van der Waals surface area (Å²) in [6, 6.07) is 43.7. The molecule has 8 aromatic rings. The number of rotatable bonds is 3. The third kappa shape index (κ3) is 3.77. The van der Waals surface area contributed by atoms with Crippen LogP contribution < -0.4 is 4.90 Å². The first-order chi connectivity index (χ1) is 20.0. The summed E-state index contributed by atoms with van der Waals surface area (Å²) < 4.78 is 9.40. The molecule has 0 radical (unpaired) electrons. The molecule has 2 heterocycles. The Hall–Kier alpha value is -4.60. The fourth-order valence-corrected chi connectivity index (χ4v) is 7.40. The van der Waals surface area contributed by atoms with Gasteiger partial charge < -0.3 is 9.32 Å². The number of thiophene rings is 1. The second kappa shape index (κ2) is 8.95. The fourth-order valence-electron chi connectivity index (χ4n) is 6.25. The average molecular weight is 548 g/mol. The minimum absolute atomic E-state index is 0.0248. The van der Waals surface area contributed by atoms with Crippen molar-refractivity contribution in [3.8, 4) is 0 Å². The molecule has 0 aliphatic carbocycles. The topological polar surface area (TPSA) is 16.4 Å². The van der Waals surface area contributed by atoms with Gasteiger partial charge in [-0.2, -0.15) is 0 Å². The number of anilines is 3. The predicted molar refractivity (Wildman–Crippen MR) is 177 cm³/mol. The number of hydrogen-bond acceptors (Lipinski definition) is 3. The Morgan fingerprint density at radius 1 is 0.561 bits per heavy atom. The zero-order valence-electron chi connectivity index (χ0n) is 23.3. The molecule has 6 aromatic carbocycles. The maximum atomic E-state index is 6.81. The first kappa shape index (κ1) is 24.2. The van der Waals surface area contributed by atoms with E-state index in [4.69, 9.17) is 4.42 Å². The minimum atomic E-state index is -0.0248. The molecule has 0 saturated carbocycles. The van der Waals surface area contributed by atoms with Crippen molar-refractivity contribution in [2.24, 2.45) is 0 Å². The monoisotopic (exact) mass is 547 g/mol. The molecule has 41 heavy (non-hydrogen) atoms. The molecule has 2 nitrogen and oxygen atoms in total. The smallest absolute Gasteiger partial charge is 0.159 e. The van der Waals surface area contributed by atoms with Crippen LogP contribution in [-0.2, 0) is 5.41 Å². The van der Waals surface area contributed by atoms with Crippen molar-refractivity contribution in [3.05, 3.63) is 127 Å². The van der Waals surface area contributed by atoms with Gasteiger partial charge in [0.25, 0.3) is 0 Å². The highest BCUT2D eigenvalue weighted by molar-refractivity contribution is 7.26. The molecule has 2 aromatic heterocycles. The van der Waals surface area contributed by atoms with Crippen molar-refractivity contribution >= 4 is 81.3 Å². The van der Waals surface area contributed by atoms with E-state index in [2.05, 4.69) is 147 Å². The largest absolute Gasteiger partial charge is 0.454 e. The molecule has 0 amide bonds. The summed E-state index contributed by atoms with van der Waals surface area (Å²) in [7, 11) is 0. The zero-order chi connectivity index (χ0) is 27.7. The van der Waals surface area contributed by atoms with E-state index in [1.165, 1.54) is 36.5 Å². The van der Waals surface area contributed by atoms with Gasteiger partial charge >= 0.3 is 0 Å². The molecule has 198 valence electrons. The second-order valence-electron chi connectivity index (χ2n) is 11.8. The van der Waals surface area contributed by atoms with Crippen LogP contribution in [0.15, 0.2) is 126 Å². The summed E-state index contributed by atoms with van der Waals surface area (Å²) in [5.41, 5.74) is 6.33. The van der Waals surface area contributed by atoms with Crippen molar-refractivity contribution in [1.29, 1.82) is 0 Å². The molecule has 8 rings (SSSR count). The van der Waals surface area contributed by atoms with E-state index in [1.807, 2.05) is 11.3 Å². The Balaban J connectivity index is 1.39. The van der Waals surface area contributed by atoms with Crippen molar-refractivity contribution in [3.63, 3.8) is 0 Å². The van der Waals surface area contributed by atoms with Crippen LogP contribution >= 0.6 is 11.3 Å². The predicted octanol–water partition coefficient (Wildman–Crippen LogP) is 11.9. The summed E-state index contributed by atoms with van der Waals surface area (Å²) in [4.78, 5) is 2.34. The molecule has 3 heteroatoms. The Morgan fingerprint density at radius 3 is 2.12 bits per heavy atom. The second-order valence-corrected chi connectivity index (χ2v) is 12.9. The maximum Gasteiger partial charge on any atom is 0.159 e. The summed E-state index contributed by atoms with van der Waals surface area (Å²) in [6.07, 6.45) is 0. The van der Waals surface area contributed by atoms with E-state index in [9.17, 15) is 0 Å². The quantitative estimate of drug-likeness (QED) is 0.219. The Kier molecular flexibility index (Phi) is 5.29. The lowest BCUT2D eigenvalue weighted by Gasteiger charge is -2.25. The van der Waals surface area contributed by atoms with Gasteiger partial charge in [-0.05, 0) is 52.6 Å². The van der Waals surface area contributed by atoms with Crippen LogP contribution in [0.2, 0.25) is 0 Å². The summed E-state index contributed by atoms with van der Waals surface area (Å²) in [6.45, 7) is 6.74. The lowest BCUT2D eigenvalue weighted by Crippen LogP contribution is -2.11. The summed E-state index contributed by atoms with van der Waals surface area (Å²) >= 11 is 1.86. The molecule has 0 aliphatic heterocycles. The van der Waals surface area contributed by atoms with Gasteiger partial charge in [0, 0.05) is 47.9 Å². The van der Waals surface area contributed by atoms with Crippen LogP contribution in [0.1, 0.15) is 26.3 Å². The molecule has 0 spiro atoms. The van der Waals surface area contributed by atoms with Crippen LogP contribution in [0.25, 0.3) is 52.9 Å². The van der Waals surface area contributed by atoms with Gasteiger partial charge in [-0.3, -0.25) is 0 Å². The number of nitrogens with zero attached hydrogens (tertiary/aromatic N) is 1. The van der Waals surface area contributed by atoms with E-state index in [-0.39, 0.29) is 5.41 Å². The standard InChI is InChI=1S/C38H29NOS/c1-38(2,3)31-17-9-15-28-29-16-10-18-32(37(29)40-36(28)31)39(25-12-5-4-6-13-25)26-20-21-30-34(23-26)41-33-22-19-24-11-7-8-14-27(24)35(30)33/h4-23H,1-3H3. The van der Waals surface area contributed by atoms with E-state index in [0.717, 1.165) is 39.0 Å². The van der Waals surface area contributed by atoms with Gasteiger partial charge in [0.15, 0.2) is 5.58 Å². The van der Waals surface area contributed by atoms with Gasteiger partial charge in [-0.25, -0.2) is 0 Å². The van der Waals surface area contributed by atoms with E-state index >= 15 is 0 Å². The first-order valence-corrected chi connectivity index (χ1v) is 14.9. The number of benzene rings is 6. The molecule has 0 bridgehead atoms. The molecule has 0 unspecified atom stereocenters. The normalized spacial score (nSPS) is 12.3. The Labute approximate surface area is 243 Å². The number of hydrogen-bond donors (Lipinski definition) is 0. The molecule has 0 atom stereocenters. The molecular weight excluding hydrogens is 518 g/mol. The molecule has 0 saturated heterocycles. The van der Waals surface area contributed by atoms with Gasteiger partial charge in [-0.1, -0.05) is 106 Å². The highest BCUT2D eigenvalue weighted by Crippen LogP contribution is 2.46. The van der Waals surface area contributed by atoms with Crippen LogP contribution in [0.4, 0.5) is 17.1 Å². The first-order valence-electron chi connectivity index (χ1n) is 14.1. The Morgan fingerprint density at radius 2 is 1.29 bits per heavy atom. The number of fused-ring (bicyclic) bond motifs is 8. The maximum absolute atomic E-state index is 6.81. The van der Waals surface area contributed by atoms with E-state index in [0.29, 0.717) is 0 Å². The van der Waals surface area contributed by atoms with Crippen molar-refractivity contribution in [2.45, 2.75) is 26.2 Å². The van der Waals surface area contributed by atoms with E-state index < -0.39 is 0 Å². The average Bonchev–Trinajstić information content (AvgIpc) is 3.56. The van der Waals surface area contributed by atoms with Crippen LogP contribution in [0.3, 0.4) is 0 Å². The summed E-state index contributed by atoms with van der Waals surface area (Å²) in [5.74, 6) is 0. The molecule has 0 fully saturated rings. The fraction of sp³-hybridized carbons (Fsp3) is 0.105.